The Kier molecular flexibility index (Phi) is 8.74. The van der Waals surface area contributed by atoms with Crippen molar-refractivity contribution in [3.63, 3.8) is 0 Å². The van der Waals surface area contributed by atoms with Crippen molar-refractivity contribution in [1.82, 2.24) is 0 Å². The first kappa shape index (κ1) is 21.7. The van der Waals surface area contributed by atoms with Crippen LogP contribution in [0.1, 0.15) is 15.9 Å². The van der Waals surface area contributed by atoms with Gasteiger partial charge in [0.05, 0.1) is 13.7 Å². The minimum absolute atomic E-state index is 0.0257. The molecule has 0 fully saturated rings. The number of carbonyl (C=O) groups excluding carboxylic acids is 1. The minimum atomic E-state index is -0.507. The second kappa shape index (κ2) is 11.3. The lowest BCUT2D eigenvalue weighted by Gasteiger charge is -2.21. The number of benzene rings is 2. The molecule has 0 aliphatic rings. The van der Waals surface area contributed by atoms with Gasteiger partial charge < -0.3 is 28.4 Å². The standard InChI is InChI=1S/C21H26O7/c1-23-11-10-16-19(15-8-6-5-7-9-15)17(27-13-24-2)12-18(28-14-25-3)20(16)21(22)26-4/h5-9,12H,10-11,13-14H2,1-4H3. The zero-order valence-electron chi connectivity index (χ0n) is 16.7. The molecule has 0 heterocycles. The van der Waals surface area contributed by atoms with Gasteiger partial charge in [-0.1, -0.05) is 30.3 Å². The Morgan fingerprint density at radius 3 is 2.07 bits per heavy atom. The molecule has 2 aromatic carbocycles. The van der Waals surface area contributed by atoms with Gasteiger partial charge in [0.25, 0.3) is 0 Å². The van der Waals surface area contributed by atoms with E-state index in [1.807, 2.05) is 30.3 Å². The van der Waals surface area contributed by atoms with Crippen LogP contribution in [0.2, 0.25) is 0 Å². The fourth-order valence-electron chi connectivity index (χ4n) is 2.86. The van der Waals surface area contributed by atoms with E-state index < -0.39 is 5.97 Å². The SMILES string of the molecule is COCCc1c(C(=O)OC)c(OCOC)cc(OCOC)c1-c1ccccc1. The maximum atomic E-state index is 12.6. The van der Waals surface area contributed by atoms with Crippen LogP contribution in [0.4, 0.5) is 0 Å². The topological polar surface area (TPSA) is 72.5 Å². The molecule has 7 heteroatoms. The number of carbonyl (C=O) groups is 1. The molecule has 0 aliphatic heterocycles. The first-order chi connectivity index (χ1) is 13.7. The van der Waals surface area contributed by atoms with Gasteiger partial charge in [-0.3, -0.25) is 0 Å². The van der Waals surface area contributed by atoms with Gasteiger partial charge in [0.2, 0.25) is 0 Å². The average molecular weight is 390 g/mol. The number of rotatable bonds is 11. The summed E-state index contributed by atoms with van der Waals surface area (Å²) in [5.74, 6) is 0.330. The minimum Gasteiger partial charge on any atom is -0.467 e. The highest BCUT2D eigenvalue weighted by Crippen LogP contribution is 2.41. The monoisotopic (exact) mass is 390 g/mol. The quantitative estimate of drug-likeness (QED) is 0.431. The maximum absolute atomic E-state index is 12.6. The Labute approximate surface area is 165 Å². The third kappa shape index (κ3) is 5.22. The number of methoxy groups -OCH3 is 4. The van der Waals surface area contributed by atoms with Gasteiger partial charge in [0.1, 0.15) is 17.1 Å². The second-order valence-corrected chi connectivity index (χ2v) is 5.80. The highest BCUT2D eigenvalue weighted by Gasteiger charge is 2.26. The second-order valence-electron chi connectivity index (χ2n) is 5.80. The average Bonchev–Trinajstić information content (AvgIpc) is 2.74. The first-order valence-corrected chi connectivity index (χ1v) is 8.73. The summed E-state index contributed by atoms with van der Waals surface area (Å²) in [4.78, 5) is 12.6. The largest absolute Gasteiger partial charge is 0.467 e. The van der Waals surface area contributed by atoms with Crippen molar-refractivity contribution >= 4 is 5.97 Å². The molecule has 0 saturated heterocycles. The van der Waals surface area contributed by atoms with Gasteiger partial charge in [-0.15, -0.1) is 0 Å². The highest BCUT2D eigenvalue weighted by atomic mass is 16.7. The lowest BCUT2D eigenvalue weighted by atomic mass is 9.91. The molecule has 0 aromatic heterocycles. The smallest absolute Gasteiger partial charge is 0.341 e. The third-order valence-corrected chi connectivity index (χ3v) is 4.03. The number of hydrogen-bond acceptors (Lipinski definition) is 7. The highest BCUT2D eigenvalue weighted by molar-refractivity contribution is 5.98. The van der Waals surface area contributed by atoms with E-state index in [1.54, 1.807) is 20.3 Å². The summed E-state index contributed by atoms with van der Waals surface area (Å²) >= 11 is 0. The predicted octanol–water partition coefficient (Wildman–Crippen LogP) is 3.29. The Hall–Kier alpha value is -2.61. The van der Waals surface area contributed by atoms with Gasteiger partial charge in [0, 0.05) is 33.0 Å². The van der Waals surface area contributed by atoms with Crippen molar-refractivity contribution in [2.75, 3.05) is 48.6 Å². The normalized spacial score (nSPS) is 10.6. The maximum Gasteiger partial charge on any atom is 0.341 e. The van der Waals surface area contributed by atoms with Crippen molar-refractivity contribution in [1.29, 1.82) is 0 Å². The van der Waals surface area contributed by atoms with Crippen molar-refractivity contribution in [3.8, 4) is 22.6 Å². The lowest BCUT2D eigenvalue weighted by molar-refractivity contribution is 0.0434. The van der Waals surface area contributed by atoms with Crippen molar-refractivity contribution in [3.05, 3.63) is 47.5 Å². The van der Waals surface area contributed by atoms with Gasteiger partial charge in [-0.05, 0) is 17.5 Å². The Balaban J connectivity index is 2.77. The van der Waals surface area contributed by atoms with Crippen LogP contribution in [0.5, 0.6) is 11.5 Å². The number of ether oxygens (including phenoxy) is 6. The zero-order chi connectivity index (χ0) is 20.4. The molecule has 0 unspecified atom stereocenters. The molecule has 7 nitrogen and oxygen atoms in total. The van der Waals surface area contributed by atoms with Crippen LogP contribution in [0, 0.1) is 0 Å². The first-order valence-electron chi connectivity index (χ1n) is 8.73. The molecule has 2 aromatic rings. The molecule has 0 atom stereocenters. The van der Waals surface area contributed by atoms with E-state index in [0.717, 1.165) is 11.1 Å². The fourth-order valence-corrected chi connectivity index (χ4v) is 2.86. The molecule has 152 valence electrons. The van der Waals surface area contributed by atoms with E-state index in [0.29, 0.717) is 35.7 Å². The molecular formula is C21H26O7. The van der Waals surface area contributed by atoms with Crippen LogP contribution in [-0.2, 0) is 25.4 Å². The van der Waals surface area contributed by atoms with E-state index in [1.165, 1.54) is 14.2 Å². The van der Waals surface area contributed by atoms with Crippen molar-refractivity contribution in [2.24, 2.45) is 0 Å². The molecule has 0 bridgehead atoms. The molecule has 0 amide bonds. The van der Waals surface area contributed by atoms with E-state index >= 15 is 0 Å². The van der Waals surface area contributed by atoms with Crippen LogP contribution in [0.15, 0.2) is 36.4 Å². The van der Waals surface area contributed by atoms with Crippen LogP contribution >= 0.6 is 0 Å². The van der Waals surface area contributed by atoms with Crippen LogP contribution in [0.3, 0.4) is 0 Å². The van der Waals surface area contributed by atoms with Crippen molar-refractivity contribution in [2.45, 2.75) is 6.42 Å². The molecule has 0 radical (unpaired) electrons. The van der Waals surface area contributed by atoms with E-state index in [-0.39, 0.29) is 13.6 Å². The molecule has 28 heavy (non-hydrogen) atoms. The van der Waals surface area contributed by atoms with Gasteiger partial charge >= 0.3 is 5.97 Å². The molecule has 2 rings (SSSR count). The van der Waals surface area contributed by atoms with Crippen LogP contribution < -0.4 is 9.47 Å². The summed E-state index contributed by atoms with van der Waals surface area (Å²) in [6, 6.07) is 11.3. The third-order valence-electron chi connectivity index (χ3n) is 4.03. The lowest BCUT2D eigenvalue weighted by Crippen LogP contribution is -2.14. The van der Waals surface area contributed by atoms with Crippen molar-refractivity contribution < 1.29 is 33.2 Å². The summed E-state index contributed by atoms with van der Waals surface area (Å²) in [7, 11) is 5.98. The molecule has 0 saturated carbocycles. The molecule has 0 spiro atoms. The summed E-state index contributed by atoms with van der Waals surface area (Å²) in [5.41, 5.74) is 2.68. The fraction of sp³-hybridized carbons (Fsp3) is 0.381. The van der Waals surface area contributed by atoms with Gasteiger partial charge in [-0.2, -0.15) is 0 Å². The zero-order valence-corrected chi connectivity index (χ0v) is 16.7. The predicted molar refractivity (Wildman–Crippen MR) is 104 cm³/mol. The summed E-state index contributed by atoms with van der Waals surface area (Å²) in [5, 5.41) is 0. The van der Waals surface area contributed by atoms with E-state index in [4.69, 9.17) is 28.4 Å². The number of esters is 1. The number of hydrogen-bond donors (Lipinski definition) is 0. The summed E-state index contributed by atoms with van der Waals surface area (Å²) < 4.78 is 31.8. The van der Waals surface area contributed by atoms with Gasteiger partial charge in [0.15, 0.2) is 13.6 Å². The van der Waals surface area contributed by atoms with Gasteiger partial charge in [-0.25, -0.2) is 4.79 Å². The molecular weight excluding hydrogens is 364 g/mol. The Morgan fingerprint density at radius 1 is 0.857 bits per heavy atom. The van der Waals surface area contributed by atoms with Crippen LogP contribution in [-0.4, -0.2) is 54.6 Å². The molecule has 0 N–H and O–H groups in total. The summed E-state index contributed by atoms with van der Waals surface area (Å²) in [6.45, 7) is 0.425. The van der Waals surface area contributed by atoms with E-state index in [2.05, 4.69) is 0 Å². The Bertz CT molecular complexity index is 759. The summed E-state index contributed by atoms with van der Waals surface area (Å²) in [6.07, 6.45) is 0.457. The van der Waals surface area contributed by atoms with E-state index in [9.17, 15) is 4.79 Å². The molecule has 0 aliphatic carbocycles. The Morgan fingerprint density at radius 2 is 1.50 bits per heavy atom. The van der Waals surface area contributed by atoms with Crippen LogP contribution in [0.25, 0.3) is 11.1 Å².